The second-order valence-corrected chi connectivity index (χ2v) is 15.7. The van der Waals surface area contributed by atoms with E-state index in [9.17, 15) is 32.3 Å². The molecule has 0 bridgehead atoms. The maximum absolute atomic E-state index is 14.1. The van der Waals surface area contributed by atoms with Crippen molar-refractivity contribution < 1.29 is 41.8 Å². The minimum absolute atomic E-state index is 0.0123. The molecule has 290 valence electrons. The number of carbonyl (C=O) groups excluding carboxylic acids is 2. The number of halogens is 1. The molecule has 0 fully saturated rings. The van der Waals surface area contributed by atoms with Gasteiger partial charge in [-0.05, 0) is 72.5 Å². The molecule has 2 heterocycles. The SMILES string of the molecule is COc1cc(S(C)(=O)=O)ccc1N(C(=O)OC(N[C@H](C(=O)O)C(C)C)C(C)C)c1nc2ccc(-c3ccc(NC(=O)[C@H](C)c4ccc(F)cc4)cc3)cn2n1. The third kappa shape index (κ3) is 9.45. The van der Waals surface area contributed by atoms with Crippen LogP contribution in [0.1, 0.15) is 46.1 Å². The van der Waals surface area contributed by atoms with Gasteiger partial charge in [-0.1, -0.05) is 52.0 Å². The minimum atomic E-state index is -3.65. The van der Waals surface area contributed by atoms with E-state index >= 15 is 0 Å². The van der Waals surface area contributed by atoms with Gasteiger partial charge >= 0.3 is 12.1 Å². The van der Waals surface area contributed by atoms with E-state index in [4.69, 9.17) is 9.47 Å². The maximum Gasteiger partial charge on any atom is 0.423 e. The second kappa shape index (κ2) is 16.7. The number of hydrogen-bond donors (Lipinski definition) is 3. The maximum atomic E-state index is 14.1. The van der Waals surface area contributed by atoms with Gasteiger partial charge in [0, 0.05) is 35.7 Å². The van der Waals surface area contributed by atoms with E-state index in [2.05, 4.69) is 20.7 Å². The lowest BCUT2D eigenvalue weighted by atomic mass is 10.00. The van der Waals surface area contributed by atoms with Crippen molar-refractivity contribution in [3.8, 4) is 16.9 Å². The lowest BCUT2D eigenvalue weighted by Crippen LogP contribution is -2.51. The first-order chi connectivity index (χ1) is 26.0. The number of ether oxygens (including phenoxy) is 2. The Morgan fingerprint density at radius 3 is 2.13 bits per heavy atom. The Morgan fingerprint density at radius 2 is 1.55 bits per heavy atom. The third-order valence-corrected chi connectivity index (χ3v) is 9.99. The zero-order chi connectivity index (χ0) is 40.2. The van der Waals surface area contributed by atoms with Crippen LogP contribution in [0.25, 0.3) is 16.8 Å². The van der Waals surface area contributed by atoms with Crippen molar-refractivity contribution in [3.05, 3.63) is 96.4 Å². The van der Waals surface area contributed by atoms with Gasteiger partial charge in [0.15, 0.2) is 21.7 Å². The first-order valence-corrected chi connectivity index (χ1v) is 19.3. The number of pyridine rings is 1. The Kier molecular flexibility index (Phi) is 12.2. The molecule has 3 atom stereocenters. The number of carboxylic acids is 1. The number of carbonyl (C=O) groups is 3. The molecule has 0 aliphatic rings. The van der Waals surface area contributed by atoms with E-state index in [-0.39, 0.29) is 45.8 Å². The van der Waals surface area contributed by atoms with Gasteiger partial charge in [-0.2, -0.15) is 4.98 Å². The molecule has 0 aliphatic heterocycles. The Balaban J connectivity index is 1.47. The van der Waals surface area contributed by atoms with Crippen molar-refractivity contribution in [2.45, 2.75) is 57.7 Å². The Labute approximate surface area is 318 Å². The summed E-state index contributed by atoms with van der Waals surface area (Å²) in [7, 11) is -2.33. The molecule has 0 saturated heterocycles. The monoisotopic (exact) mass is 774 g/mol. The van der Waals surface area contributed by atoms with E-state index in [1.54, 1.807) is 77.2 Å². The average Bonchev–Trinajstić information content (AvgIpc) is 3.55. The summed E-state index contributed by atoms with van der Waals surface area (Å²) >= 11 is 0. The summed E-state index contributed by atoms with van der Waals surface area (Å²) in [5, 5.41) is 20.2. The molecule has 0 radical (unpaired) electrons. The lowest BCUT2D eigenvalue weighted by Gasteiger charge is -2.30. The largest absolute Gasteiger partial charge is 0.495 e. The van der Waals surface area contributed by atoms with Gasteiger partial charge in [0.2, 0.25) is 5.91 Å². The van der Waals surface area contributed by atoms with Crippen LogP contribution >= 0.6 is 0 Å². The van der Waals surface area contributed by atoms with Crippen molar-refractivity contribution in [1.82, 2.24) is 19.9 Å². The normalized spacial score (nSPS) is 13.3. The first kappa shape index (κ1) is 40.3. The second-order valence-electron chi connectivity index (χ2n) is 13.7. The number of nitrogens with one attached hydrogen (secondary N) is 2. The summed E-state index contributed by atoms with van der Waals surface area (Å²) in [6, 6.07) is 19.3. The van der Waals surface area contributed by atoms with Crippen LogP contribution in [0, 0.1) is 17.7 Å². The Hall–Kier alpha value is -5.87. The number of carboxylic acid groups (broad SMARTS) is 1. The summed E-state index contributed by atoms with van der Waals surface area (Å²) in [4.78, 5) is 44.6. The Bertz CT molecular complexity index is 2300. The molecular weight excluding hydrogens is 732 g/mol. The highest BCUT2D eigenvalue weighted by atomic mass is 32.2. The molecule has 5 aromatic rings. The summed E-state index contributed by atoms with van der Waals surface area (Å²) in [5.41, 5.74) is 3.18. The van der Waals surface area contributed by atoms with Crippen LogP contribution in [0.2, 0.25) is 0 Å². The van der Waals surface area contributed by atoms with Crippen LogP contribution in [0.4, 0.5) is 26.5 Å². The molecule has 5 rings (SSSR count). The van der Waals surface area contributed by atoms with Gasteiger partial charge in [0.25, 0.3) is 5.95 Å². The molecule has 55 heavy (non-hydrogen) atoms. The Morgan fingerprint density at radius 1 is 0.891 bits per heavy atom. The number of hydrogen-bond acceptors (Lipinski definition) is 10. The van der Waals surface area contributed by atoms with Crippen LogP contribution in [0.15, 0.2) is 90.0 Å². The molecule has 0 spiro atoms. The molecule has 14 nitrogen and oxygen atoms in total. The number of nitrogens with zero attached hydrogens (tertiary/aromatic N) is 4. The molecule has 2 amide bonds. The molecular formula is C39H43FN6O8S. The minimum Gasteiger partial charge on any atom is -0.495 e. The van der Waals surface area contributed by atoms with Crippen LogP contribution < -0.4 is 20.3 Å². The number of sulfone groups is 1. The zero-order valence-electron chi connectivity index (χ0n) is 31.3. The fourth-order valence-corrected chi connectivity index (χ4v) is 6.28. The van der Waals surface area contributed by atoms with Crippen molar-refractivity contribution >= 4 is 50.8 Å². The van der Waals surface area contributed by atoms with Gasteiger partial charge in [-0.3, -0.25) is 14.9 Å². The number of fused-ring (bicyclic) bond motifs is 1. The van der Waals surface area contributed by atoms with Gasteiger partial charge in [-0.25, -0.2) is 27.0 Å². The number of aromatic nitrogens is 3. The highest BCUT2D eigenvalue weighted by Crippen LogP contribution is 2.36. The van der Waals surface area contributed by atoms with Gasteiger partial charge in [0.1, 0.15) is 17.6 Å². The molecule has 0 saturated carbocycles. The summed E-state index contributed by atoms with van der Waals surface area (Å²) in [6.07, 6.45) is 0.707. The predicted molar refractivity (Wildman–Crippen MR) is 205 cm³/mol. The zero-order valence-corrected chi connectivity index (χ0v) is 32.2. The van der Waals surface area contributed by atoms with Gasteiger partial charge in [0.05, 0.1) is 23.6 Å². The molecule has 3 aromatic carbocycles. The molecule has 3 N–H and O–H groups in total. The quantitative estimate of drug-likeness (QED) is 0.103. The topological polar surface area (TPSA) is 182 Å². The average molecular weight is 775 g/mol. The van der Waals surface area contributed by atoms with E-state index < -0.39 is 40.1 Å². The number of rotatable bonds is 14. The van der Waals surface area contributed by atoms with Crippen molar-refractivity contribution in [2.75, 3.05) is 23.6 Å². The number of aliphatic carboxylic acids is 1. The highest BCUT2D eigenvalue weighted by molar-refractivity contribution is 7.90. The summed E-state index contributed by atoms with van der Waals surface area (Å²) in [6.45, 7) is 8.71. The van der Waals surface area contributed by atoms with Crippen molar-refractivity contribution in [3.63, 3.8) is 0 Å². The van der Waals surface area contributed by atoms with E-state index in [0.717, 1.165) is 22.3 Å². The number of amides is 2. The standard InChI is InChI=1S/C39H43FN6O8S/c1-22(2)34(37(48)49)43-36(23(3)4)54-39(50)46(31-18-17-30(55(7,51)52)20-32(31)53-6)38-42-33-19-12-27(21-45(33)44-38)26-10-15-29(16-11-26)41-35(47)24(5)25-8-13-28(40)14-9-25/h8-24,34,36,43H,1-7H3,(H,41,47)(H,48,49)/t24-,34+,36?/m1/s1. The molecule has 2 aromatic heterocycles. The summed E-state index contributed by atoms with van der Waals surface area (Å²) < 4.78 is 51.0. The molecule has 0 aliphatic carbocycles. The van der Waals surface area contributed by atoms with E-state index in [1.165, 1.54) is 42.0 Å². The first-order valence-electron chi connectivity index (χ1n) is 17.4. The van der Waals surface area contributed by atoms with E-state index in [1.807, 2.05) is 12.1 Å². The van der Waals surface area contributed by atoms with Crippen LogP contribution in [-0.2, 0) is 24.2 Å². The smallest absolute Gasteiger partial charge is 0.423 e. The number of methoxy groups -OCH3 is 1. The lowest BCUT2D eigenvalue weighted by molar-refractivity contribution is -0.142. The van der Waals surface area contributed by atoms with E-state index in [0.29, 0.717) is 16.9 Å². The molecule has 16 heteroatoms. The third-order valence-electron chi connectivity index (χ3n) is 8.88. The molecule has 1 unspecified atom stereocenters. The fourth-order valence-electron chi connectivity index (χ4n) is 5.65. The van der Waals surface area contributed by atoms with Crippen LogP contribution in [-0.4, -0.2) is 71.7 Å². The fraction of sp³-hybridized carbons (Fsp3) is 0.308. The predicted octanol–water partition coefficient (Wildman–Crippen LogP) is 6.65. The summed E-state index contributed by atoms with van der Waals surface area (Å²) in [5.74, 6) is -3.07. The van der Waals surface area contributed by atoms with Crippen molar-refractivity contribution in [1.29, 1.82) is 0 Å². The van der Waals surface area contributed by atoms with Gasteiger partial charge in [-0.15, -0.1) is 5.10 Å². The van der Waals surface area contributed by atoms with Crippen LogP contribution in [0.5, 0.6) is 5.75 Å². The van der Waals surface area contributed by atoms with Gasteiger partial charge < -0.3 is 19.9 Å². The van der Waals surface area contributed by atoms with Crippen LogP contribution in [0.3, 0.4) is 0 Å². The highest BCUT2D eigenvalue weighted by Gasteiger charge is 2.33. The number of benzene rings is 3. The number of anilines is 3. The van der Waals surface area contributed by atoms with Crippen molar-refractivity contribution in [2.24, 2.45) is 11.8 Å².